The van der Waals surface area contributed by atoms with Crippen LogP contribution in [0.4, 0.5) is 27.6 Å². The lowest BCUT2D eigenvalue weighted by atomic mass is 9.82. The highest BCUT2D eigenvalue weighted by Crippen LogP contribution is 2.33. The summed E-state index contributed by atoms with van der Waals surface area (Å²) in [6.45, 7) is 0.620. The molecule has 1 aliphatic rings. The highest BCUT2D eigenvalue weighted by atomic mass is 19.4. The number of halogens is 5. The molecule has 0 spiro atoms. The van der Waals surface area contributed by atoms with Crippen LogP contribution in [0.15, 0.2) is 59.6 Å². The molecule has 7 nitrogen and oxygen atoms in total. The van der Waals surface area contributed by atoms with Crippen LogP contribution in [0.2, 0.25) is 0 Å². The van der Waals surface area contributed by atoms with Crippen molar-refractivity contribution in [1.29, 1.82) is 0 Å². The number of anilines is 1. The molecule has 12 heteroatoms. The van der Waals surface area contributed by atoms with E-state index < -0.39 is 73.8 Å². The zero-order valence-corrected chi connectivity index (χ0v) is 21.5. The van der Waals surface area contributed by atoms with Gasteiger partial charge in [-0.15, -0.1) is 0 Å². The van der Waals surface area contributed by atoms with E-state index in [-0.39, 0.29) is 0 Å². The van der Waals surface area contributed by atoms with E-state index in [0.29, 0.717) is 29.4 Å². The number of amides is 2. The number of nitrogens with one attached hydrogen (secondary N) is 1. The van der Waals surface area contributed by atoms with Crippen molar-refractivity contribution < 1.29 is 36.6 Å². The van der Waals surface area contributed by atoms with E-state index in [4.69, 9.17) is 5.73 Å². The number of aliphatic hydroxyl groups is 1. The molecule has 3 rings (SSSR count). The third-order valence-corrected chi connectivity index (χ3v) is 6.62. The molecule has 4 atom stereocenters. The van der Waals surface area contributed by atoms with Gasteiger partial charge >= 0.3 is 6.18 Å². The highest BCUT2D eigenvalue weighted by Gasteiger charge is 2.40. The predicted octanol–water partition coefficient (Wildman–Crippen LogP) is 4.23. The Morgan fingerprint density at radius 3 is 2.26 bits per heavy atom. The van der Waals surface area contributed by atoms with E-state index >= 15 is 0 Å². The first-order valence-corrected chi connectivity index (χ1v) is 12.4. The Morgan fingerprint density at radius 2 is 1.67 bits per heavy atom. The van der Waals surface area contributed by atoms with Gasteiger partial charge in [0.2, 0.25) is 18.0 Å². The summed E-state index contributed by atoms with van der Waals surface area (Å²) < 4.78 is 66.4. The first-order chi connectivity index (χ1) is 18.2. The fourth-order valence-corrected chi connectivity index (χ4v) is 4.57. The number of benzodiazepines with no additional fused rings is 1. The highest BCUT2D eigenvalue weighted by molar-refractivity contribution is 6.20. The van der Waals surface area contributed by atoms with Gasteiger partial charge in [-0.25, -0.2) is 13.8 Å². The van der Waals surface area contributed by atoms with Crippen LogP contribution in [0.25, 0.3) is 0 Å². The van der Waals surface area contributed by atoms with Crippen molar-refractivity contribution in [2.24, 2.45) is 22.6 Å². The molecule has 2 aromatic carbocycles. The van der Waals surface area contributed by atoms with Crippen LogP contribution < -0.4 is 16.0 Å². The van der Waals surface area contributed by atoms with Crippen LogP contribution in [0.3, 0.4) is 0 Å². The lowest BCUT2D eigenvalue weighted by Crippen LogP contribution is -2.50. The Morgan fingerprint density at radius 1 is 1.05 bits per heavy atom. The first kappa shape index (κ1) is 30.2. The van der Waals surface area contributed by atoms with Crippen molar-refractivity contribution in [2.45, 2.75) is 57.1 Å². The number of fused-ring (bicyclic) bond motifs is 1. The maximum atomic E-state index is 13.6. The number of rotatable bonds is 10. The molecule has 0 radical (unpaired) electrons. The van der Waals surface area contributed by atoms with Crippen LogP contribution in [-0.4, -0.2) is 54.2 Å². The second kappa shape index (κ2) is 12.2. The minimum Gasteiger partial charge on any atom is -0.379 e. The summed E-state index contributed by atoms with van der Waals surface area (Å²) in [7, 11) is 1.47. The topological polar surface area (TPSA) is 108 Å². The van der Waals surface area contributed by atoms with Crippen LogP contribution in [0, 0.1) is 11.8 Å². The molecule has 0 fully saturated rings. The fraction of sp³-hybridized carbons (Fsp3) is 0.444. The number of likely N-dealkylation sites (N-methyl/N-ethyl adjacent to an activating group) is 1. The van der Waals surface area contributed by atoms with Crippen molar-refractivity contribution in [1.82, 2.24) is 5.32 Å². The third kappa shape index (κ3) is 8.06. The maximum absolute atomic E-state index is 13.6. The fourth-order valence-electron chi connectivity index (χ4n) is 4.57. The smallest absolute Gasteiger partial charge is 0.379 e. The molecule has 0 bridgehead atoms. The Kier molecular flexibility index (Phi) is 9.44. The van der Waals surface area contributed by atoms with Gasteiger partial charge in [0.25, 0.3) is 5.91 Å². The summed E-state index contributed by atoms with van der Waals surface area (Å²) in [5.74, 6) is -7.96. The molecule has 0 saturated heterocycles. The SMILES string of the molecule is CN1C(=O)[C@@H](NC(=O)[C@H](CCC(F)(F)F)[C@H](CCC(C)(F)F)[C@@H](N)O)N=C(c2ccccc2)c2ccccc21. The lowest BCUT2D eigenvalue weighted by Gasteiger charge is -2.30. The quantitative estimate of drug-likeness (QED) is 0.302. The van der Waals surface area contributed by atoms with Gasteiger partial charge in [-0.1, -0.05) is 48.5 Å². The van der Waals surface area contributed by atoms with E-state index in [9.17, 15) is 36.6 Å². The number of carbonyl (C=O) groups is 2. The van der Waals surface area contributed by atoms with Crippen molar-refractivity contribution in [3.05, 3.63) is 65.7 Å². The summed E-state index contributed by atoms with van der Waals surface area (Å²) in [6.07, 6.45) is -11.6. The molecule has 4 N–H and O–H groups in total. The molecule has 2 aromatic rings. The van der Waals surface area contributed by atoms with Gasteiger partial charge in [0, 0.05) is 42.9 Å². The molecule has 39 heavy (non-hydrogen) atoms. The van der Waals surface area contributed by atoms with Gasteiger partial charge in [-0.2, -0.15) is 13.2 Å². The number of carbonyl (C=O) groups excluding carboxylic acids is 2. The van der Waals surface area contributed by atoms with E-state index in [1.54, 1.807) is 54.6 Å². The van der Waals surface area contributed by atoms with E-state index in [1.165, 1.54) is 11.9 Å². The Labute approximate surface area is 222 Å². The molecular formula is C27H31F5N4O3. The van der Waals surface area contributed by atoms with Crippen LogP contribution in [-0.2, 0) is 9.59 Å². The molecule has 0 unspecified atom stereocenters. The molecule has 0 aliphatic carbocycles. The third-order valence-electron chi connectivity index (χ3n) is 6.62. The van der Waals surface area contributed by atoms with Gasteiger partial charge in [-0.05, 0) is 25.8 Å². The number of hydrogen-bond donors (Lipinski definition) is 3. The standard InChI is InChI=1S/C27H31F5N4O3/c1-26(28,29)14-12-17(22(33)37)18(13-15-27(30,31)32)24(38)35-23-25(39)36(2)20-11-7-6-10-19(20)21(34-23)16-8-4-3-5-9-16/h3-11,17-18,22-23,37H,12-15,33H2,1-2H3,(H,35,38)/t17-,18+,22-,23+/m0/s1. The average Bonchev–Trinajstić information content (AvgIpc) is 2.95. The number of aliphatic hydroxyl groups excluding tert-OH is 1. The van der Waals surface area contributed by atoms with E-state index in [2.05, 4.69) is 10.3 Å². The van der Waals surface area contributed by atoms with Gasteiger partial charge in [0.1, 0.15) is 6.23 Å². The van der Waals surface area contributed by atoms with Crippen molar-refractivity contribution in [3.63, 3.8) is 0 Å². The minimum absolute atomic E-state index is 0.363. The van der Waals surface area contributed by atoms with Gasteiger partial charge in [0.05, 0.1) is 11.4 Å². The molecule has 0 saturated carbocycles. The lowest BCUT2D eigenvalue weighted by molar-refractivity contribution is -0.146. The second-order valence-electron chi connectivity index (χ2n) is 9.69. The monoisotopic (exact) mass is 554 g/mol. The Hall–Kier alpha value is -3.38. The summed E-state index contributed by atoms with van der Waals surface area (Å²) in [5.41, 5.74) is 7.63. The van der Waals surface area contributed by atoms with Crippen LogP contribution >= 0.6 is 0 Å². The van der Waals surface area contributed by atoms with Crippen molar-refractivity contribution >= 4 is 23.2 Å². The van der Waals surface area contributed by atoms with Crippen LogP contribution in [0.5, 0.6) is 0 Å². The van der Waals surface area contributed by atoms with Crippen LogP contribution in [0.1, 0.15) is 43.7 Å². The Balaban J connectivity index is 2.00. The maximum Gasteiger partial charge on any atom is 0.389 e. The number of para-hydroxylation sites is 1. The van der Waals surface area contributed by atoms with Gasteiger partial charge < -0.3 is 21.1 Å². The van der Waals surface area contributed by atoms with Gasteiger partial charge in [-0.3, -0.25) is 9.59 Å². The second-order valence-corrected chi connectivity index (χ2v) is 9.69. The number of benzene rings is 2. The number of nitrogens with zero attached hydrogens (tertiary/aromatic N) is 2. The molecule has 1 heterocycles. The molecule has 212 valence electrons. The van der Waals surface area contributed by atoms with E-state index in [1.807, 2.05) is 0 Å². The zero-order valence-electron chi connectivity index (χ0n) is 21.5. The molecule has 2 amide bonds. The first-order valence-electron chi connectivity index (χ1n) is 12.4. The van der Waals surface area contributed by atoms with Crippen molar-refractivity contribution in [3.8, 4) is 0 Å². The molecule has 1 aliphatic heterocycles. The Bertz CT molecular complexity index is 1180. The minimum atomic E-state index is -4.66. The summed E-state index contributed by atoms with van der Waals surface area (Å²) in [4.78, 5) is 32.6. The summed E-state index contributed by atoms with van der Waals surface area (Å²) >= 11 is 0. The zero-order chi connectivity index (χ0) is 29.0. The predicted molar refractivity (Wildman–Crippen MR) is 136 cm³/mol. The molecule has 0 aromatic heterocycles. The van der Waals surface area contributed by atoms with Crippen molar-refractivity contribution in [2.75, 3.05) is 11.9 Å². The number of aliphatic imine (C=N–C) groups is 1. The molecular weight excluding hydrogens is 523 g/mol. The van der Waals surface area contributed by atoms with E-state index in [0.717, 1.165) is 0 Å². The normalized spacial score (nSPS) is 18.5. The van der Waals surface area contributed by atoms with Gasteiger partial charge in [0.15, 0.2) is 0 Å². The number of nitrogens with two attached hydrogens (primary N) is 1. The largest absolute Gasteiger partial charge is 0.389 e. The summed E-state index contributed by atoms with van der Waals surface area (Å²) in [5, 5.41) is 12.5. The summed E-state index contributed by atoms with van der Waals surface area (Å²) in [6, 6.07) is 15.7. The number of hydrogen-bond acceptors (Lipinski definition) is 5. The average molecular weight is 555 g/mol. The number of alkyl halides is 5.